The van der Waals surface area contributed by atoms with E-state index in [4.69, 9.17) is 15.9 Å². The van der Waals surface area contributed by atoms with Crippen LogP contribution in [0.4, 0.5) is 0 Å². The van der Waals surface area contributed by atoms with Crippen LogP contribution in [0.15, 0.2) is 71.1 Å². The minimum atomic E-state index is -0.440. The molecule has 5 nitrogen and oxygen atoms in total. The number of hydrogen-bond acceptors (Lipinski definition) is 5. The van der Waals surface area contributed by atoms with E-state index in [9.17, 15) is 9.59 Å². The predicted molar refractivity (Wildman–Crippen MR) is 152 cm³/mol. The van der Waals surface area contributed by atoms with Crippen molar-refractivity contribution in [1.82, 2.24) is 4.90 Å². The molecule has 0 bridgehead atoms. The van der Waals surface area contributed by atoms with E-state index in [0.29, 0.717) is 30.9 Å². The molecule has 0 radical (unpaired) electrons. The highest BCUT2D eigenvalue weighted by atomic mass is 16.5. The third kappa shape index (κ3) is 5.13. The standard InChI is InChI=1S/C34H37NO4/c1-7-15-39-28-14-13-23(16-29(28)38-6)30-31-24(17-33(2,3)19-26(31)36)35(21-22-11-9-8-10-12-22)25-18-34(4,5)20-27(37)32(25)30/h1,8-14,16,30H,15,17-21H2,2-6H3. The number of terminal acetylenes is 1. The monoisotopic (exact) mass is 523 g/mol. The van der Waals surface area contributed by atoms with Crippen molar-refractivity contribution in [2.24, 2.45) is 10.8 Å². The van der Waals surface area contributed by atoms with Crippen LogP contribution >= 0.6 is 0 Å². The summed E-state index contributed by atoms with van der Waals surface area (Å²) in [5, 5.41) is 0. The lowest BCUT2D eigenvalue weighted by Gasteiger charge is -2.49. The van der Waals surface area contributed by atoms with Gasteiger partial charge in [-0.3, -0.25) is 9.59 Å². The van der Waals surface area contributed by atoms with Crippen molar-refractivity contribution in [3.63, 3.8) is 0 Å². The molecule has 5 heteroatoms. The van der Waals surface area contributed by atoms with Crippen molar-refractivity contribution in [3.05, 3.63) is 82.2 Å². The molecule has 0 unspecified atom stereocenters. The summed E-state index contributed by atoms with van der Waals surface area (Å²) in [7, 11) is 1.59. The van der Waals surface area contributed by atoms with Gasteiger partial charge in [-0.2, -0.15) is 0 Å². The van der Waals surface area contributed by atoms with Crippen LogP contribution in [0.2, 0.25) is 0 Å². The van der Waals surface area contributed by atoms with Gasteiger partial charge < -0.3 is 14.4 Å². The number of carbonyl (C=O) groups excluding carboxylic acids is 2. The van der Waals surface area contributed by atoms with Gasteiger partial charge in [-0.1, -0.05) is 70.0 Å². The molecule has 202 valence electrons. The molecule has 0 saturated carbocycles. The quantitative estimate of drug-likeness (QED) is 0.400. The highest BCUT2D eigenvalue weighted by molar-refractivity contribution is 6.06. The molecule has 0 spiro atoms. The molecule has 0 amide bonds. The zero-order valence-corrected chi connectivity index (χ0v) is 23.6. The van der Waals surface area contributed by atoms with Crippen LogP contribution in [0.5, 0.6) is 11.5 Å². The van der Waals surface area contributed by atoms with Crippen molar-refractivity contribution in [1.29, 1.82) is 0 Å². The molecule has 0 aromatic heterocycles. The normalized spacial score (nSPS) is 20.4. The molecule has 1 heterocycles. The number of rotatable bonds is 6. The third-order valence-corrected chi connectivity index (χ3v) is 8.04. The molecule has 2 aromatic carbocycles. The Labute approximate surface area is 231 Å². The Balaban J connectivity index is 1.74. The highest BCUT2D eigenvalue weighted by Gasteiger charge is 2.49. The average Bonchev–Trinajstić information content (AvgIpc) is 2.87. The lowest BCUT2D eigenvalue weighted by atomic mass is 9.63. The van der Waals surface area contributed by atoms with Gasteiger partial charge in [-0.05, 0) is 46.9 Å². The molecule has 0 atom stereocenters. The molecule has 2 aliphatic carbocycles. The number of ketones is 2. The van der Waals surface area contributed by atoms with Crippen LogP contribution in [-0.4, -0.2) is 30.2 Å². The van der Waals surface area contributed by atoms with Gasteiger partial charge in [0.05, 0.1) is 7.11 Å². The Morgan fingerprint density at radius 1 is 0.872 bits per heavy atom. The van der Waals surface area contributed by atoms with E-state index in [1.54, 1.807) is 7.11 Å². The number of nitrogens with zero attached hydrogens (tertiary/aromatic N) is 1. The van der Waals surface area contributed by atoms with Crippen molar-refractivity contribution in [2.75, 3.05) is 13.7 Å². The SMILES string of the molecule is C#CCOc1ccc(C2C3=C(CC(C)(C)CC3=O)N(Cc3ccccc3)C3=C2C(=O)CC(C)(C)C3)cc1OC. The Morgan fingerprint density at radius 2 is 1.46 bits per heavy atom. The first-order valence-electron chi connectivity index (χ1n) is 13.6. The van der Waals surface area contributed by atoms with Gasteiger partial charge in [-0.15, -0.1) is 6.42 Å². The first-order chi connectivity index (χ1) is 18.5. The molecule has 3 aliphatic rings. The summed E-state index contributed by atoms with van der Waals surface area (Å²) in [5.41, 5.74) is 5.24. The molecule has 0 saturated heterocycles. The van der Waals surface area contributed by atoms with Gasteiger partial charge in [0, 0.05) is 47.8 Å². The first kappa shape index (κ1) is 26.8. The maximum Gasteiger partial charge on any atom is 0.162 e. The number of Topliss-reactive ketones (excluding diaryl/α,β-unsaturated/α-hetero) is 2. The largest absolute Gasteiger partial charge is 0.493 e. The predicted octanol–water partition coefficient (Wildman–Crippen LogP) is 6.59. The fourth-order valence-corrected chi connectivity index (χ4v) is 6.44. The molecule has 39 heavy (non-hydrogen) atoms. The van der Waals surface area contributed by atoms with Crippen LogP contribution in [0, 0.1) is 23.2 Å². The van der Waals surface area contributed by atoms with Crippen LogP contribution in [-0.2, 0) is 16.1 Å². The minimum absolute atomic E-state index is 0.111. The summed E-state index contributed by atoms with van der Waals surface area (Å²) in [6, 6.07) is 16.0. The lowest BCUT2D eigenvalue weighted by molar-refractivity contribution is -0.119. The van der Waals surface area contributed by atoms with Crippen LogP contribution < -0.4 is 9.47 Å². The third-order valence-electron chi connectivity index (χ3n) is 8.04. The average molecular weight is 524 g/mol. The number of allylic oxidation sites excluding steroid dienone is 4. The fraction of sp³-hybridized carbons (Fsp3) is 0.412. The number of methoxy groups -OCH3 is 1. The van der Waals surface area contributed by atoms with E-state index >= 15 is 0 Å². The van der Waals surface area contributed by atoms with E-state index in [1.165, 1.54) is 0 Å². The molecule has 5 rings (SSSR count). The maximum absolute atomic E-state index is 14.0. The summed E-state index contributed by atoms with van der Waals surface area (Å²) < 4.78 is 11.3. The molecule has 2 aromatic rings. The second kappa shape index (κ2) is 10.1. The first-order valence-corrected chi connectivity index (χ1v) is 13.6. The maximum atomic E-state index is 14.0. The second-order valence-corrected chi connectivity index (χ2v) is 12.5. The minimum Gasteiger partial charge on any atom is -0.493 e. The summed E-state index contributed by atoms with van der Waals surface area (Å²) in [6.45, 7) is 9.38. The molecular formula is C34H37NO4. The number of benzene rings is 2. The van der Waals surface area contributed by atoms with Gasteiger partial charge >= 0.3 is 0 Å². The number of carbonyl (C=O) groups is 2. The van der Waals surface area contributed by atoms with Crippen molar-refractivity contribution >= 4 is 11.6 Å². The van der Waals surface area contributed by atoms with Gasteiger partial charge in [0.1, 0.15) is 6.61 Å². The van der Waals surface area contributed by atoms with E-state index in [2.05, 4.69) is 50.6 Å². The summed E-state index contributed by atoms with van der Waals surface area (Å²) in [6.07, 6.45) is 7.83. The van der Waals surface area contributed by atoms with Crippen LogP contribution in [0.25, 0.3) is 0 Å². The number of ether oxygens (including phenoxy) is 2. The van der Waals surface area contributed by atoms with Crippen molar-refractivity contribution in [2.45, 2.75) is 65.8 Å². The Bertz CT molecular complexity index is 1370. The van der Waals surface area contributed by atoms with E-state index < -0.39 is 5.92 Å². The molecule has 0 N–H and O–H groups in total. The molecule has 1 aliphatic heterocycles. The zero-order chi connectivity index (χ0) is 27.9. The highest BCUT2D eigenvalue weighted by Crippen LogP contribution is 2.55. The van der Waals surface area contributed by atoms with Gasteiger partial charge in [0.15, 0.2) is 23.1 Å². The van der Waals surface area contributed by atoms with Gasteiger partial charge in [0.25, 0.3) is 0 Å². The van der Waals surface area contributed by atoms with Crippen molar-refractivity contribution < 1.29 is 19.1 Å². The van der Waals surface area contributed by atoms with Gasteiger partial charge in [-0.25, -0.2) is 0 Å². The second-order valence-electron chi connectivity index (χ2n) is 12.5. The zero-order valence-electron chi connectivity index (χ0n) is 23.6. The van der Waals surface area contributed by atoms with Gasteiger partial charge in [0.2, 0.25) is 0 Å². The smallest absolute Gasteiger partial charge is 0.162 e. The Hall–Kier alpha value is -3.78. The van der Waals surface area contributed by atoms with E-state index in [1.807, 2.05) is 36.4 Å². The fourth-order valence-electron chi connectivity index (χ4n) is 6.44. The van der Waals surface area contributed by atoms with Crippen molar-refractivity contribution in [3.8, 4) is 23.8 Å². The van der Waals surface area contributed by atoms with Crippen LogP contribution in [0.3, 0.4) is 0 Å². The lowest BCUT2D eigenvalue weighted by Crippen LogP contribution is -2.44. The van der Waals surface area contributed by atoms with E-state index in [-0.39, 0.29) is 29.0 Å². The van der Waals surface area contributed by atoms with Crippen LogP contribution in [0.1, 0.15) is 70.4 Å². The molecular weight excluding hydrogens is 486 g/mol. The number of hydrogen-bond donors (Lipinski definition) is 0. The summed E-state index contributed by atoms with van der Waals surface area (Å²) in [4.78, 5) is 30.3. The Kier molecular flexibility index (Phi) is 6.93. The molecule has 0 fully saturated rings. The summed E-state index contributed by atoms with van der Waals surface area (Å²) in [5.74, 6) is 3.34. The summed E-state index contributed by atoms with van der Waals surface area (Å²) >= 11 is 0. The van der Waals surface area contributed by atoms with E-state index in [0.717, 1.165) is 46.5 Å². The Morgan fingerprint density at radius 3 is 2.00 bits per heavy atom. The topological polar surface area (TPSA) is 55.8 Å².